The van der Waals surface area contributed by atoms with E-state index in [-0.39, 0.29) is 19.8 Å². The molecule has 0 radical (unpaired) electrons. The zero-order valence-corrected chi connectivity index (χ0v) is 19.1. The Kier molecular flexibility index (Phi) is 8.79. The van der Waals surface area contributed by atoms with Crippen LogP contribution < -0.4 is 10.1 Å². The standard InChI is InChI=1S/C24H29ClN2O5/c1-3-20-21-13-17(25)6-9-22(21)27-23(20)12-16-4-7-19(8-5-16)32-15-18(28)14-26-24(29)31-11-10-30-2/h4-9,13,18,27-28H,3,10-12,14-15H2,1-2H3,(H,26,29). The molecule has 0 spiro atoms. The predicted octanol–water partition coefficient (Wildman–Crippen LogP) is 4.09. The average molecular weight is 461 g/mol. The number of hydrogen-bond donors (Lipinski definition) is 3. The lowest BCUT2D eigenvalue weighted by Crippen LogP contribution is -2.36. The molecule has 1 heterocycles. The summed E-state index contributed by atoms with van der Waals surface area (Å²) in [5.41, 5.74) is 4.69. The van der Waals surface area contributed by atoms with Crippen LogP contribution in [0.25, 0.3) is 10.9 Å². The van der Waals surface area contributed by atoms with Crippen LogP contribution in [0.15, 0.2) is 42.5 Å². The number of carbonyl (C=O) groups is 1. The van der Waals surface area contributed by atoms with Crippen molar-refractivity contribution in [1.29, 1.82) is 0 Å². The van der Waals surface area contributed by atoms with Crippen molar-refractivity contribution in [1.82, 2.24) is 10.3 Å². The highest BCUT2D eigenvalue weighted by Crippen LogP contribution is 2.28. The molecule has 1 aromatic heterocycles. The molecule has 7 nitrogen and oxygen atoms in total. The Morgan fingerprint density at radius 1 is 1.19 bits per heavy atom. The molecule has 2 aromatic carbocycles. The number of methoxy groups -OCH3 is 1. The lowest BCUT2D eigenvalue weighted by Gasteiger charge is -2.13. The molecule has 8 heteroatoms. The molecule has 1 atom stereocenters. The summed E-state index contributed by atoms with van der Waals surface area (Å²) < 4.78 is 15.3. The zero-order valence-electron chi connectivity index (χ0n) is 18.3. The van der Waals surface area contributed by atoms with Crippen LogP contribution in [0.5, 0.6) is 5.75 Å². The number of rotatable bonds is 11. The van der Waals surface area contributed by atoms with Crippen molar-refractivity contribution in [3.8, 4) is 5.75 Å². The van der Waals surface area contributed by atoms with Gasteiger partial charge in [-0.1, -0.05) is 30.7 Å². The number of nitrogens with one attached hydrogen (secondary N) is 2. The molecule has 0 aliphatic rings. The summed E-state index contributed by atoms with van der Waals surface area (Å²) in [7, 11) is 1.52. The van der Waals surface area contributed by atoms with E-state index in [1.54, 1.807) is 0 Å². The predicted molar refractivity (Wildman–Crippen MR) is 125 cm³/mol. The second-order valence-electron chi connectivity index (χ2n) is 7.42. The maximum atomic E-state index is 11.5. The Morgan fingerprint density at radius 2 is 1.97 bits per heavy atom. The summed E-state index contributed by atoms with van der Waals surface area (Å²) in [5.74, 6) is 0.648. The first-order valence-corrected chi connectivity index (χ1v) is 11.0. The van der Waals surface area contributed by atoms with Crippen LogP contribution in [-0.4, -0.2) is 55.8 Å². The molecule has 0 fully saturated rings. The van der Waals surface area contributed by atoms with E-state index in [2.05, 4.69) is 17.2 Å². The first-order valence-electron chi connectivity index (χ1n) is 10.6. The van der Waals surface area contributed by atoms with Gasteiger partial charge in [0.25, 0.3) is 0 Å². The third-order valence-corrected chi connectivity index (χ3v) is 5.29. The fraction of sp³-hybridized carbons (Fsp3) is 0.375. The quantitative estimate of drug-likeness (QED) is 0.375. The topological polar surface area (TPSA) is 92.8 Å². The monoisotopic (exact) mass is 460 g/mol. The van der Waals surface area contributed by atoms with Crippen molar-refractivity contribution in [3.63, 3.8) is 0 Å². The van der Waals surface area contributed by atoms with Crippen molar-refractivity contribution in [2.45, 2.75) is 25.9 Å². The molecule has 3 N–H and O–H groups in total. The number of amides is 1. The summed E-state index contributed by atoms with van der Waals surface area (Å²) in [6, 6.07) is 13.7. The number of aryl methyl sites for hydroxylation is 1. The molecule has 1 unspecified atom stereocenters. The zero-order chi connectivity index (χ0) is 22.9. The SMILES string of the molecule is CCc1c(Cc2ccc(OCC(O)CNC(=O)OCCOC)cc2)[nH]c2ccc(Cl)cc12. The van der Waals surface area contributed by atoms with Gasteiger partial charge in [0.05, 0.1) is 13.2 Å². The molecule has 0 saturated carbocycles. The number of hydrogen-bond acceptors (Lipinski definition) is 5. The number of aliphatic hydroxyl groups is 1. The third kappa shape index (κ3) is 6.63. The summed E-state index contributed by atoms with van der Waals surface area (Å²) >= 11 is 6.17. The van der Waals surface area contributed by atoms with Gasteiger partial charge < -0.3 is 29.6 Å². The Labute approximate surface area is 192 Å². The highest BCUT2D eigenvalue weighted by molar-refractivity contribution is 6.31. The van der Waals surface area contributed by atoms with E-state index in [0.717, 1.165) is 28.9 Å². The molecular formula is C24H29ClN2O5. The van der Waals surface area contributed by atoms with Crippen molar-refractivity contribution < 1.29 is 24.1 Å². The lowest BCUT2D eigenvalue weighted by molar-refractivity contribution is 0.0842. The first-order chi connectivity index (χ1) is 15.5. The molecule has 32 heavy (non-hydrogen) atoms. The molecule has 0 aliphatic heterocycles. The van der Waals surface area contributed by atoms with Crippen LogP contribution in [0.1, 0.15) is 23.7 Å². The van der Waals surface area contributed by atoms with Gasteiger partial charge >= 0.3 is 6.09 Å². The van der Waals surface area contributed by atoms with Crippen molar-refractivity contribution >= 4 is 28.6 Å². The second kappa shape index (κ2) is 11.8. The molecule has 3 aromatic rings. The van der Waals surface area contributed by atoms with Crippen LogP contribution in [0.3, 0.4) is 0 Å². The summed E-state index contributed by atoms with van der Waals surface area (Å²) in [6.07, 6.45) is 0.238. The van der Waals surface area contributed by atoms with Gasteiger partial charge in [-0.05, 0) is 47.9 Å². The largest absolute Gasteiger partial charge is 0.491 e. The van der Waals surface area contributed by atoms with E-state index in [9.17, 15) is 9.90 Å². The Morgan fingerprint density at radius 3 is 2.69 bits per heavy atom. The molecule has 0 saturated heterocycles. The number of H-pyrrole nitrogens is 1. The van der Waals surface area contributed by atoms with E-state index in [1.807, 2.05) is 42.5 Å². The minimum Gasteiger partial charge on any atom is -0.491 e. The highest BCUT2D eigenvalue weighted by Gasteiger charge is 2.12. The maximum Gasteiger partial charge on any atom is 0.407 e. The van der Waals surface area contributed by atoms with E-state index < -0.39 is 12.2 Å². The molecule has 172 valence electrons. The van der Waals surface area contributed by atoms with Crippen LogP contribution in [0.2, 0.25) is 5.02 Å². The van der Waals surface area contributed by atoms with E-state index in [0.29, 0.717) is 12.4 Å². The van der Waals surface area contributed by atoms with Gasteiger partial charge in [0.1, 0.15) is 25.1 Å². The number of ether oxygens (including phenoxy) is 3. The Balaban J connectivity index is 1.50. The van der Waals surface area contributed by atoms with Gasteiger partial charge in [0, 0.05) is 35.2 Å². The van der Waals surface area contributed by atoms with E-state index >= 15 is 0 Å². The van der Waals surface area contributed by atoms with Crippen molar-refractivity contribution in [2.24, 2.45) is 0 Å². The molecular weight excluding hydrogens is 432 g/mol. The fourth-order valence-corrected chi connectivity index (χ4v) is 3.63. The Bertz CT molecular complexity index is 1020. The summed E-state index contributed by atoms with van der Waals surface area (Å²) in [4.78, 5) is 15.0. The number of fused-ring (bicyclic) bond motifs is 1. The van der Waals surface area contributed by atoms with Gasteiger partial charge in [-0.3, -0.25) is 0 Å². The van der Waals surface area contributed by atoms with Gasteiger partial charge in [0.15, 0.2) is 0 Å². The van der Waals surface area contributed by atoms with Crippen LogP contribution >= 0.6 is 11.6 Å². The van der Waals surface area contributed by atoms with Crippen LogP contribution in [0, 0.1) is 0 Å². The summed E-state index contributed by atoms with van der Waals surface area (Å²) in [6.45, 7) is 2.72. The molecule has 3 rings (SSSR count). The third-order valence-electron chi connectivity index (χ3n) is 5.06. The van der Waals surface area contributed by atoms with E-state index in [4.69, 9.17) is 25.8 Å². The minimum absolute atomic E-state index is 0.0358. The smallest absolute Gasteiger partial charge is 0.407 e. The average Bonchev–Trinajstić information content (AvgIpc) is 3.13. The molecule has 0 bridgehead atoms. The molecule has 1 amide bonds. The van der Waals surface area contributed by atoms with Gasteiger partial charge in [-0.15, -0.1) is 0 Å². The lowest BCUT2D eigenvalue weighted by atomic mass is 10.0. The number of aromatic amines is 1. The van der Waals surface area contributed by atoms with Crippen LogP contribution in [-0.2, 0) is 22.3 Å². The van der Waals surface area contributed by atoms with E-state index in [1.165, 1.54) is 23.8 Å². The minimum atomic E-state index is -0.852. The van der Waals surface area contributed by atoms with Gasteiger partial charge in [-0.25, -0.2) is 4.79 Å². The number of benzene rings is 2. The maximum absolute atomic E-state index is 11.5. The number of carbonyl (C=O) groups excluding carboxylic acids is 1. The van der Waals surface area contributed by atoms with Crippen molar-refractivity contribution in [2.75, 3.05) is 33.5 Å². The van der Waals surface area contributed by atoms with Crippen LogP contribution in [0.4, 0.5) is 4.79 Å². The first kappa shape index (κ1) is 23.9. The fourth-order valence-electron chi connectivity index (χ4n) is 3.46. The number of alkyl carbamates (subject to hydrolysis) is 1. The normalized spacial score (nSPS) is 12.0. The number of aliphatic hydroxyl groups excluding tert-OH is 1. The van der Waals surface area contributed by atoms with Crippen molar-refractivity contribution in [3.05, 3.63) is 64.3 Å². The van der Waals surface area contributed by atoms with Gasteiger partial charge in [0.2, 0.25) is 0 Å². The summed E-state index contributed by atoms with van der Waals surface area (Å²) in [5, 5.41) is 14.4. The highest BCUT2D eigenvalue weighted by atomic mass is 35.5. The number of aromatic nitrogens is 1. The van der Waals surface area contributed by atoms with Gasteiger partial charge in [-0.2, -0.15) is 0 Å². The number of halogens is 1. The molecule has 0 aliphatic carbocycles. The second-order valence-corrected chi connectivity index (χ2v) is 7.86. The Hall–Kier alpha value is -2.74.